The van der Waals surface area contributed by atoms with Crippen molar-refractivity contribution in [1.29, 1.82) is 0 Å². The number of benzene rings is 2. The van der Waals surface area contributed by atoms with E-state index in [2.05, 4.69) is 21.5 Å². The molecule has 0 aliphatic carbocycles. The van der Waals surface area contributed by atoms with Gasteiger partial charge in [-0.05, 0) is 36.1 Å². The largest absolute Gasteiger partial charge is 0.484 e. The van der Waals surface area contributed by atoms with Crippen molar-refractivity contribution in [2.75, 3.05) is 6.61 Å². The van der Waals surface area contributed by atoms with Gasteiger partial charge >= 0.3 is 6.03 Å². The van der Waals surface area contributed by atoms with Crippen LogP contribution in [0.15, 0.2) is 54.6 Å². The van der Waals surface area contributed by atoms with Crippen molar-refractivity contribution in [2.45, 2.75) is 33.4 Å². The Kier molecular flexibility index (Phi) is 8.68. The highest BCUT2D eigenvalue weighted by Crippen LogP contribution is 2.11. The smallest absolute Gasteiger partial charge is 0.315 e. The molecule has 0 aliphatic heterocycles. The first-order valence-electron chi connectivity index (χ1n) is 9.71. The maximum absolute atomic E-state index is 12.4. The molecule has 0 aliphatic rings. The van der Waals surface area contributed by atoms with Crippen molar-refractivity contribution in [3.63, 3.8) is 0 Å². The third-order valence-electron chi connectivity index (χ3n) is 4.22. The van der Waals surface area contributed by atoms with Crippen LogP contribution in [-0.4, -0.2) is 30.5 Å². The van der Waals surface area contributed by atoms with Crippen molar-refractivity contribution in [3.05, 3.63) is 65.7 Å². The normalized spacial score (nSPS) is 11.3. The Morgan fingerprint density at radius 2 is 1.70 bits per heavy atom. The second-order valence-corrected chi connectivity index (χ2v) is 7.18. The Labute approximate surface area is 176 Å². The monoisotopic (exact) mass is 412 g/mol. The number of nitrogens with one attached hydrogen (secondary N) is 4. The van der Waals surface area contributed by atoms with Gasteiger partial charge in [0.25, 0.3) is 11.8 Å². The number of urea groups is 1. The summed E-state index contributed by atoms with van der Waals surface area (Å²) in [5, 5.41) is 5.34. The van der Waals surface area contributed by atoms with Crippen LogP contribution < -0.4 is 26.2 Å². The van der Waals surface area contributed by atoms with E-state index in [-0.39, 0.29) is 12.5 Å². The highest BCUT2D eigenvalue weighted by Gasteiger charge is 2.24. The summed E-state index contributed by atoms with van der Waals surface area (Å²) in [6.45, 7) is 5.60. The van der Waals surface area contributed by atoms with Crippen LogP contribution in [0.2, 0.25) is 0 Å². The van der Waals surface area contributed by atoms with E-state index in [1.807, 2.05) is 49.4 Å². The summed E-state index contributed by atoms with van der Waals surface area (Å²) in [6.07, 6.45) is 0. The van der Waals surface area contributed by atoms with E-state index in [1.165, 1.54) is 0 Å². The van der Waals surface area contributed by atoms with Gasteiger partial charge in [0.15, 0.2) is 6.61 Å². The molecule has 0 radical (unpaired) electrons. The lowest BCUT2D eigenvalue weighted by Crippen LogP contribution is -2.56. The Bertz CT molecular complexity index is 855. The molecule has 1 atom stereocenters. The van der Waals surface area contributed by atoms with Gasteiger partial charge in [0.1, 0.15) is 11.8 Å². The lowest BCUT2D eigenvalue weighted by atomic mass is 10.0. The number of carbonyl (C=O) groups is 3. The van der Waals surface area contributed by atoms with Crippen LogP contribution in [0.1, 0.15) is 25.0 Å². The standard InChI is InChI=1S/C22H28N4O4/c1-15(2)20(24-22(29)23-13-17-9-5-4-6-10-17)21(28)26-25-19(27)14-30-18-11-7-8-16(3)12-18/h4-12,15,20H,13-14H2,1-3H3,(H,25,27)(H,26,28)(H2,23,24,29). The van der Waals surface area contributed by atoms with Crippen LogP contribution in [0, 0.1) is 12.8 Å². The zero-order chi connectivity index (χ0) is 21.9. The zero-order valence-electron chi connectivity index (χ0n) is 17.4. The minimum Gasteiger partial charge on any atom is -0.484 e. The number of hydrogen-bond donors (Lipinski definition) is 4. The fourth-order valence-corrected chi connectivity index (χ4v) is 2.60. The van der Waals surface area contributed by atoms with Crippen molar-refractivity contribution < 1.29 is 19.1 Å². The number of hydrogen-bond acceptors (Lipinski definition) is 4. The van der Waals surface area contributed by atoms with Gasteiger partial charge in [-0.15, -0.1) is 0 Å². The molecule has 0 heterocycles. The van der Waals surface area contributed by atoms with Gasteiger partial charge in [-0.2, -0.15) is 0 Å². The first-order chi connectivity index (χ1) is 14.3. The lowest BCUT2D eigenvalue weighted by molar-refractivity contribution is -0.131. The average molecular weight is 412 g/mol. The minimum atomic E-state index is -0.821. The molecule has 4 N–H and O–H groups in total. The summed E-state index contributed by atoms with van der Waals surface area (Å²) in [5.74, 6) is -0.661. The van der Waals surface area contributed by atoms with Crippen LogP contribution in [-0.2, 0) is 16.1 Å². The summed E-state index contributed by atoms with van der Waals surface area (Å²) in [4.78, 5) is 36.5. The molecule has 30 heavy (non-hydrogen) atoms. The molecule has 4 amide bonds. The molecule has 0 saturated carbocycles. The highest BCUT2D eigenvalue weighted by atomic mass is 16.5. The van der Waals surface area contributed by atoms with Crippen molar-refractivity contribution in [2.24, 2.45) is 5.92 Å². The number of carbonyl (C=O) groups excluding carboxylic acids is 3. The molecule has 2 rings (SSSR count). The average Bonchev–Trinajstić information content (AvgIpc) is 2.73. The van der Waals surface area contributed by atoms with E-state index in [4.69, 9.17) is 4.74 Å². The van der Waals surface area contributed by atoms with Gasteiger partial charge < -0.3 is 15.4 Å². The first kappa shape index (κ1) is 22.7. The maximum Gasteiger partial charge on any atom is 0.315 e. The molecular weight excluding hydrogens is 384 g/mol. The molecule has 2 aromatic carbocycles. The molecule has 0 aromatic heterocycles. The Morgan fingerprint density at radius 3 is 2.37 bits per heavy atom. The van der Waals surface area contributed by atoms with E-state index >= 15 is 0 Å². The predicted octanol–water partition coefficient (Wildman–Crippen LogP) is 2.05. The van der Waals surface area contributed by atoms with E-state index in [0.717, 1.165) is 11.1 Å². The molecule has 0 fully saturated rings. The molecule has 8 nitrogen and oxygen atoms in total. The number of aryl methyl sites for hydroxylation is 1. The quantitative estimate of drug-likeness (QED) is 0.498. The number of hydrazine groups is 1. The Balaban J connectivity index is 1.77. The SMILES string of the molecule is Cc1cccc(OCC(=O)NNC(=O)C(NC(=O)NCc2ccccc2)C(C)C)c1. The van der Waals surface area contributed by atoms with Crippen molar-refractivity contribution in [3.8, 4) is 5.75 Å². The van der Waals surface area contributed by atoms with Crippen LogP contribution in [0.5, 0.6) is 5.75 Å². The summed E-state index contributed by atoms with van der Waals surface area (Å²) < 4.78 is 5.38. The summed E-state index contributed by atoms with van der Waals surface area (Å²) in [5.41, 5.74) is 6.58. The molecule has 0 bridgehead atoms. The second-order valence-electron chi connectivity index (χ2n) is 7.18. The lowest BCUT2D eigenvalue weighted by Gasteiger charge is -2.22. The van der Waals surface area contributed by atoms with Gasteiger partial charge in [-0.1, -0.05) is 56.3 Å². The van der Waals surface area contributed by atoms with Gasteiger partial charge in [-0.3, -0.25) is 20.4 Å². The first-order valence-corrected chi connectivity index (χ1v) is 9.71. The van der Waals surface area contributed by atoms with Crippen LogP contribution >= 0.6 is 0 Å². The van der Waals surface area contributed by atoms with Gasteiger partial charge in [0.2, 0.25) is 0 Å². The van der Waals surface area contributed by atoms with Gasteiger partial charge in [0.05, 0.1) is 0 Å². The zero-order valence-corrected chi connectivity index (χ0v) is 17.4. The molecule has 160 valence electrons. The van der Waals surface area contributed by atoms with E-state index in [0.29, 0.717) is 12.3 Å². The highest BCUT2D eigenvalue weighted by molar-refractivity contribution is 5.89. The molecule has 8 heteroatoms. The fraction of sp³-hybridized carbons (Fsp3) is 0.318. The van der Waals surface area contributed by atoms with Crippen molar-refractivity contribution in [1.82, 2.24) is 21.5 Å². The summed E-state index contributed by atoms with van der Waals surface area (Å²) in [6, 6.07) is 15.4. The number of ether oxygens (including phenoxy) is 1. The van der Waals surface area contributed by atoms with Gasteiger partial charge in [-0.25, -0.2) is 4.79 Å². The topological polar surface area (TPSA) is 109 Å². The minimum absolute atomic E-state index is 0.187. The third-order valence-corrected chi connectivity index (χ3v) is 4.22. The van der Waals surface area contributed by atoms with E-state index in [9.17, 15) is 14.4 Å². The Hall–Kier alpha value is -3.55. The van der Waals surface area contributed by atoms with Crippen LogP contribution in [0.25, 0.3) is 0 Å². The molecule has 2 aromatic rings. The van der Waals surface area contributed by atoms with Crippen LogP contribution in [0.3, 0.4) is 0 Å². The number of amides is 4. The summed E-state index contributed by atoms with van der Waals surface area (Å²) >= 11 is 0. The Morgan fingerprint density at radius 1 is 0.967 bits per heavy atom. The molecule has 1 unspecified atom stereocenters. The van der Waals surface area contributed by atoms with E-state index < -0.39 is 23.9 Å². The molecular formula is C22H28N4O4. The second kappa shape index (κ2) is 11.5. The van der Waals surface area contributed by atoms with Gasteiger partial charge in [0, 0.05) is 6.54 Å². The molecule has 0 saturated heterocycles. The predicted molar refractivity (Wildman–Crippen MR) is 113 cm³/mol. The van der Waals surface area contributed by atoms with Crippen molar-refractivity contribution >= 4 is 17.8 Å². The van der Waals surface area contributed by atoms with E-state index in [1.54, 1.807) is 26.0 Å². The maximum atomic E-state index is 12.4. The molecule has 0 spiro atoms. The summed E-state index contributed by atoms with van der Waals surface area (Å²) in [7, 11) is 0. The number of rotatable bonds is 8. The third kappa shape index (κ3) is 7.83. The van der Waals surface area contributed by atoms with Crippen LogP contribution in [0.4, 0.5) is 4.79 Å². The fourth-order valence-electron chi connectivity index (χ4n) is 2.60.